The predicted molar refractivity (Wildman–Crippen MR) is 120 cm³/mol. The average molecular weight is 466 g/mol. The minimum Gasteiger partial charge on any atom is -0.491 e. The number of carbonyl (C=O) groups excluding carboxylic acids is 2. The molecule has 0 aromatic heterocycles. The largest absolute Gasteiger partial charge is 0.491 e. The van der Waals surface area contributed by atoms with Crippen LogP contribution < -0.4 is 10.1 Å². The van der Waals surface area contributed by atoms with Crippen molar-refractivity contribution in [2.75, 3.05) is 13.2 Å². The third-order valence-corrected chi connectivity index (χ3v) is 5.14. The summed E-state index contributed by atoms with van der Waals surface area (Å²) in [6.07, 6.45) is 7.50. The third-order valence-electron chi connectivity index (χ3n) is 5.14. The number of ketones is 1. The van der Waals surface area contributed by atoms with Crippen molar-refractivity contribution in [3.05, 3.63) is 66.3 Å². The Morgan fingerprint density at radius 3 is 2.82 bits per heavy atom. The second kappa shape index (κ2) is 13.0. The van der Waals surface area contributed by atoms with Crippen molar-refractivity contribution in [3.63, 3.8) is 0 Å². The number of aliphatic hydroxyl groups excluding tert-OH is 1. The summed E-state index contributed by atoms with van der Waals surface area (Å²) < 4.78 is 43.6. The van der Waals surface area contributed by atoms with Crippen LogP contribution in [0.4, 0.5) is 13.2 Å². The molecule has 0 fully saturated rings. The molecule has 33 heavy (non-hydrogen) atoms. The van der Waals surface area contributed by atoms with E-state index in [4.69, 9.17) is 4.74 Å². The van der Waals surface area contributed by atoms with Gasteiger partial charge < -0.3 is 15.2 Å². The summed E-state index contributed by atoms with van der Waals surface area (Å²) in [6, 6.07) is 4.44. The Balaban J connectivity index is 1.79. The summed E-state index contributed by atoms with van der Waals surface area (Å²) in [5.41, 5.74) is -0.826. The Labute approximate surface area is 192 Å². The van der Waals surface area contributed by atoms with Gasteiger partial charge in [0.05, 0.1) is 5.56 Å². The van der Waals surface area contributed by atoms with Gasteiger partial charge in [0.15, 0.2) is 5.78 Å². The van der Waals surface area contributed by atoms with Gasteiger partial charge in [-0.1, -0.05) is 36.4 Å². The number of ether oxygens (including phenoxy) is 1. The highest BCUT2D eigenvalue weighted by atomic mass is 19.4. The molecule has 1 aliphatic carbocycles. The number of rotatable bonds is 12. The second-order valence-electron chi connectivity index (χ2n) is 7.79. The Hall–Kier alpha value is -2.87. The zero-order valence-electron chi connectivity index (χ0n) is 18.6. The Morgan fingerprint density at radius 1 is 1.30 bits per heavy atom. The van der Waals surface area contributed by atoms with E-state index in [1.807, 2.05) is 25.2 Å². The maximum absolute atomic E-state index is 12.8. The van der Waals surface area contributed by atoms with Gasteiger partial charge in [-0.3, -0.25) is 9.59 Å². The van der Waals surface area contributed by atoms with E-state index < -0.39 is 23.8 Å². The topological polar surface area (TPSA) is 75.6 Å². The van der Waals surface area contributed by atoms with Crippen molar-refractivity contribution in [3.8, 4) is 5.75 Å². The van der Waals surface area contributed by atoms with Gasteiger partial charge in [0, 0.05) is 18.9 Å². The highest BCUT2D eigenvalue weighted by Gasteiger charge is 2.30. The van der Waals surface area contributed by atoms with Crippen molar-refractivity contribution in [1.82, 2.24) is 5.32 Å². The summed E-state index contributed by atoms with van der Waals surface area (Å²) >= 11 is 0. The van der Waals surface area contributed by atoms with Crippen molar-refractivity contribution in [1.29, 1.82) is 0 Å². The Bertz CT molecular complexity index is 877. The summed E-state index contributed by atoms with van der Waals surface area (Å²) in [6.45, 7) is 2.27. The zero-order chi connectivity index (χ0) is 24.3. The number of nitrogens with one attached hydrogen (secondary N) is 1. The normalized spacial score (nSPS) is 19.5. The number of hydrogen-bond acceptors (Lipinski definition) is 4. The fourth-order valence-electron chi connectivity index (χ4n) is 3.41. The molecule has 2 rings (SSSR count). The van der Waals surface area contributed by atoms with Crippen LogP contribution in [0, 0.1) is 11.8 Å². The van der Waals surface area contributed by atoms with Crippen LogP contribution in [0.5, 0.6) is 5.75 Å². The number of unbranched alkanes of at least 4 members (excludes halogenated alkanes) is 1. The van der Waals surface area contributed by atoms with Gasteiger partial charge in [0.2, 0.25) is 5.91 Å². The first-order valence-electron chi connectivity index (χ1n) is 11.0. The van der Waals surface area contributed by atoms with E-state index in [2.05, 4.69) is 5.32 Å². The fraction of sp³-hybridized carbons (Fsp3) is 0.440. The standard InChI is InChI=1S/C25H30F3NO4/c1-2-29-24(32)11-6-4-3-5-8-18-12-15-23(31)22(18)14-13-20(30)17-33-21-10-7-9-19(16-21)25(26,27)28/h3,5,7,9-10,12-16,18,20,22,30H,2,4,6,8,11,17H2,1H3,(H,29,32)/t18-,20+,22+/m0/s1. The first kappa shape index (κ1) is 26.4. The number of alkyl halides is 3. The average Bonchev–Trinajstić information content (AvgIpc) is 3.12. The highest BCUT2D eigenvalue weighted by molar-refractivity contribution is 5.95. The van der Waals surface area contributed by atoms with Crippen molar-refractivity contribution in [2.45, 2.75) is 44.9 Å². The number of hydrogen-bond donors (Lipinski definition) is 2. The molecule has 3 atom stereocenters. The SMILES string of the molecule is CCNC(=O)CCCC=CC[C@H]1C=CC(=O)[C@@H]1C=C[C@@H](O)COc1cccc(C(F)(F)F)c1. The molecule has 0 unspecified atom stereocenters. The van der Waals surface area contributed by atoms with Crippen LogP contribution in [0.3, 0.4) is 0 Å². The molecular formula is C25H30F3NO4. The molecule has 1 aliphatic rings. The molecule has 1 aromatic rings. The van der Waals surface area contributed by atoms with E-state index in [1.54, 1.807) is 6.08 Å². The van der Waals surface area contributed by atoms with Gasteiger partial charge in [-0.25, -0.2) is 0 Å². The molecule has 8 heteroatoms. The zero-order valence-corrected chi connectivity index (χ0v) is 18.6. The molecule has 0 aliphatic heterocycles. The lowest BCUT2D eigenvalue weighted by Crippen LogP contribution is -2.21. The molecule has 0 saturated heterocycles. The van der Waals surface area contributed by atoms with E-state index >= 15 is 0 Å². The van der Waals surface area contributed by atoms with Gasteiger partial charge in [-0.05, 0) is 56.4 Å². The van der Waals surface area contributed by atoms with Gasteiger partial charge >= 0.3 is 6.18 Å². The van der Waals surface area contributed by atoms with Crippen LogP contribution in [-0.4, -0.2) is 36.1 Å². The number of amides is 1. The number of benzene rings is 1. The lowest BCUT2D eigenvalue weighted by Gasteiger charge is -2.14. The molecular weight excluding hydrogens is 435 g/mol. The summed E-state index contributed by atoms with van der Waals surface area (Å²) in [5.74, 6) is -0.466. The van der Waals surface area contributed by atoms with Crippen LogP contribution in [0.25, 0.3) is 0 Å². The van der Waals surface area contributed by atoms with Crippen LogP contribution in [0.2, 0.25) is 0 Å². The monoisotopic (exact) mass is 465 g/mol. The molecule has 0 radical (unpaired) electrons. The van der Waals surface area contributed by atoms with E-state index in [-0.39, 0.29) is 30.0 Å². The Kier molecular flexibility index (Phi) is 10.4. The van der Waals surface area contributed by atoms with Crippen LogP contribution >= 0.6 is 0 Å². The molecule has 0 heterocycles. The molecule has 180 valence electrons. The molecule has 1 amide bonds. The number of carbonyl (C=O) groups is 2. The lowest BCUT2D eigenvalue weighted by molar-refractivity contribution is -0.137. The van der Waals surface area contributed by atoms with Crippen LogP contribution in [0.1, 0.15) is 38.2 Å². The van der Waals surface area contributed by atoms with Gasteiger partial charge in [0.25, 0.3) is 0 Å². The fourth-order valence-corrected chi connectivity index (χ4v) is 3.41. The summed E-state index contributed by atoms with van der Waals surface area (Å²) in [4.78, 5) is 23.6. The minimum atomic E-state index is -4.47. The first-order chi connectivity index (χ1) is 15.7. The van der Waals surface area contributed by atoms with E-state index in [0.717, 1.165) is 25.0 Å². The predicted octanol–water partition coefficient (Wildman–Crippen LogP) is 4.63. The molecule has 5 nitrogen and oxygen atoms in total. The van der Waals surface area contributed by atoms with Crippen molar-refractivity contribution < 1.29 is 32.6 Å². The van der Waals surface area contributed by atoms with E-state index in [0.29, 0.717) is 19.4 Å². The van der Waals surface area contributed by atoms with E-state index in [9.17, 15) is 27.9 Å². The maximum atomic E-state index is 12.8. The number of aliphatic hydroxyl groups is 1. The highest BCUT2D eigenvalue weighted by Crippen LogP contribution is 2.31. The molecule has 1 aromatic carbocycles. The third kappa shape index (κ3) is 9.26. The number of allylic oxidation sites excluding steroid dienone is 5. The van der Waals surface area contributed by atoms with Crippen LogP contribution in [0.15, 0.2) is 60.7 Å². The molecule has 0 bridgehead atoms. The molecule has 2 N–H and O–H groups in total. The second-order valence-corrected chi connectivity index (χ2v) is 7.79. The molecule has 0 spiro atoms. The summed E-state index contributed by atoms with van der Waals surface area (Å²) in [5, 5.41) is 12.9. The van der Waals surface area contributed by atoms with E-state index in [1.165, 1.54) is 24.3 Å². The van der Waals surface area contributed by atoms with Crippen molar-refractivity contribution in [2.24, 2.45) is 11.8 Å². The van der Waals surface area contributed by atoms with Crippen molar-refractivity contribution >= 4 is 11.7 Å². The maximum Gasteiger partial charge on any atom is 0.416 e. The Morgan fingerprint density at radius 2 is 2.09 bits per heavy atom. The van der Waals surface area contributed by atoms with Gasteiger partial charge in [0.1, 0.15) is 18.5 Å². The smallest absolute Gasteiger partial charge is 0.416 e. The molecule has 0 saturated carbocycles. The quantitative estimate of drug-likeness (QED) is 0.349. The summed E-state index contributed by atoms with van der Waals surface area (Å²) in [7, 11) is 0. The number of halogens is 3. The lowest BCUT2D eigenvalue weighted by atomic mass is 9.91. The van der Waals surface area contributed by atoms with Gasteiger partial charge in [-0.2, -0.15) is 13.2 Å². The van der Waals surface area contributed by atoms with Gasteiger partial charge in [-0.15, -0.1) is 0 Å². The minimum absolute atomic E-state index is 0.00562. The van der Waals surface area contributed by atoms with Crippen LogP contribution in [-0.2, 0) is 15.8 Å². The first-order valence-corrected chi connectivity index (χ1v) is 11.0.